The Kier molecular flexibility index (Phi) is 3.94. The van der Waals surface area contributed by atoms with E-state index in [1.165, 1.54) is 0 Å². The largest absolute Gasteiger partial charge is 0.311 e. The molecule has 13 heavy (non-hydrogen) atoms. The number of hydrogen-bond acceptors (Lipinski definition) is 3. The van der Waals surface area contributed by atoms with Crippen LogP contribution in [0.4, 0.5) is 0 Å². The van der Waals surface area contributed by atoms with Gasteiger partial charge in [0, 0.05) is 31.7 Å². The first kappa shape index (κ1) is 10.2. The molecule has 1 rings (SSSR count). The van der Waals surface area contributed by atoms with Gasteiger partial charge in [0.15, 0.2) is 0 Å². The molecule has 3 heteroatoms. The lowest BCUT2D eigenvalue weighted by Gasteiger charge is -2.37. The lowest BCUT2D eigenvalue weighted by atomic mass is 10.1. The summed E-state index contributed by atoms with van der Waals surface area (Å²) in [7, 11) is 0. The normalized spacial score (nSPS) is 29.5. The fourth-order valence-electron chi connectivity index (χ4n) is 1.73. The quantitative estimate of drug-likeness (QED) is 0.650. The van der Waals surface area contributed by atoms with Gasteiger partial charge in [-0.3, -0.25) is 4.90 Å². The topological polar surface area (TPSA) is 39.1 Å². The van der Waals surface area contributed by atoms with Crippen LogP contribution in [-0.4, -0.2) is 36.6 Å². The molecular formula is C10H17N3. The van der Waals surface area contributed by atoms with E-state index >= 15 is 0 Å². The molecule has 1 saturated heterocycles. The van der Waals surface area contributed by atoms with E-state index in [1.807, 2.05) is 6.08 Å². The smallest absolute Gasteiger partial charge is 0.0638 e. The van der Waals surface area contributed by atoms with Crippen molar-refractivity contribution in [3.63, 3.8) is 0 Å². The minimum absolute atomic E-state index is 0.360. The van der Waals surface area contributed by atoms with E-state index in [2.05, 4.69) is 29.8 Å². The third-order valence-electron chi connectivity index (χ3n) is 2.42. The van der Waals surface area contributed by atoms with Crippen LogP contribution in [0.3, 0.4) is 0 Å². The molecule has 2 atom stereocenters. The van der Waals surface area contributed by atoms with Gasteiger partial charge in [-0.2, -0.15) is 5.26 Å². The van der Waals surface area contributed by atoms with Crippen molar-refractivity contribution in [2.24, 2.45) is 0 Å². The predicted octanol–water partition coefficient (Wildman–Crippen LogP) is 0.748. The Bertz CT molecular complexity index is 207. The van der Waals surface area contributed by atoms with Crippen LogP contribution in [0.25, 0.3) is 0 Å². The molecule has 0 saturated carbocycles. The van der Waals surface area contributed by atoms with Crippen molar-refractivity contribution in [2.75, 3.05) is 19.6 Å². The summed E-state index contributed by atoms with van der Waals surface area (Å²) in [4.78, 5) is 2.32. The average molecular weight is 179 g/mol. The van der Waals surface area contributed by atoms with Gasteiger partial charge in [-0.15, -0.1) is 6.58 Å². The number of piperazine rings is 1. The van der Waals surface area contributed by atoms with E-state index in [9.17, 15) is 0 Å². The van der Waals surface area contributed by atoms with Crippen LogP contribution in [0.5, 0.6) is 0 Å². The van der Waals surface area contributed by atoms with Gasteiger partial charge in [0.2, 0.25) is 0 Å². The Hall–Kier alpha value is -0.850. The van der Waals surface area contributed by atoms with E-state index < -0.39 is 0 Å². The first-order valence-electron chi connectivity index (χ1n) is 4.73. The first-order valence-corrected chi connectivity index (χ1v) is 4.73. The fraction of sp³-hybridized carbons (Fsp3) is 0.700. The third kappa shape index (κ3) is 2.83. The molecular weight excluding hydrogens is 162 g/mol. The van der Waals surface area contributed by atoms with E-state index in [0.29, 0.717) is 18.5 Å². The zero-order valence-electron chi connectivity index (χ0n) is 8.16. The highest BCUT2D eigenvalue weighted by molar-refractivity contribution is 4.92. The molecule has 0 spiro atoms. The van der Waals surface area contributed by atoms with Crippen molar-refractivity contribution in [3.8, 4) is 6.07 Å². The van der Waals surface area contributed by atoms with Crippen LogP contribution < -0.4 is 5.32 Å². The Morgan fingerprint density at radius 3 is 3.15 bits per heavy atom. The van der Waals surface area contributed by atoms with Crippen LogP contribution in [0.2, 0.25) is 0 Å². The second-order valence-electron chi connectivity index (χ2n) is 3.57. The van der Waals surface area contributed by atoms with Crippen molar-refractivity contribution in [1.29, 1.82) is 5.26 Å². The Morgan fingerprint density at radius 1 is 1.77 bits per heavy atom. The van der Waals surface area contributed by atoms with Crippen molar-refractivity contribution < 1.29 is 0 Å². The Labute approximate surface area is 80.0 Å². The molecule has 72 valence electrons. The molecule has 1 aliphatic heterocycles. The standard InChI is InChI=1S/C10H17N3/c1-3-6-13-8-9(2)12-7-10(13)4-5-11/h3,9-10,12H,1,4,6-8H2,2H3. The van der Waals surface area contributed by atoms with Gasteiger partial charge in [0.1, 0.15) is 0 Å². The Balaban J connectivity index is 2.50. The maximum Gasteiger partial charge on any atom is 0.0638 e. The van der Waals surface area contributed by atoms with Crippen molar-refractivity contribution >= 4 is 0 Å². The highest BCUT2D eigenvalue weighted by Crippen LogP contribution is 2.09. The molecule has 1 fully saturated rings. The maximum atomic E-state index is 8.64. The number of rotatable bonds is 3. The molecule has 0 aromatic heterocycles. The molecule has 0 radical (unpaired) electrons. The van der Waals surface area contributed by atoms with Gasteiger partial charge in [-0.1, -0.05) is 6.08 Å². The molecule has 3 nitrogen and oxygen atoms in total. The van der Waals surface area contributed by atoms with E-state index in [-0.39, 0.29) is 0 Å². The molecule has 2 unspecified atom stereocenters. The van der Waals surface area contributed by atoms with Crippen molar-refractivity contribution in [1.82, 2.24) is 10.2 Å². The zero-order chi connectivity index (χ0) is 9.68. The molecule has 1 heterocycles. The van der Waals surface area contributed by atoms with E-state index in [1.54, 1.807) is 0 Å². The highest BCUT2D eigenvalue weighted by Gasteiger charge is 2.24. The van der Waals surface area contributed by atoms with Gasteiger partial charge in [0.05, 0.1) is 12.5 Å². The number of hydrogen-bond donors (Lipinski definition) is 1. The van der Waals surface area contributed by atoms with Gasteiger partial charge in [0.25, 0.3) is 0 Å². The number of nitriles is 1. The van der Waals surface area contributed by atoms with Crippen molar-refractivity contribution in [3.05, 3.63) is 12.7 Å². The van der Waals surface area contributed by atoms with Gasteiger partial charge in [-0.05, 0) is 6.92 Å². The zero-order valence-corrected chi connectivity index (χ0v) is 8.16. The number of nitrogens with zero attached hydrogens (tertiary/aromatic N) is 2. The van der Waals surface area contributed by atoms with Crippen LogP contribution in [0.1, 0.15) is 13.3 Å². The summed E-state index contributed by atoms with van der Waals surface area (Å²) in [5, 5.41) is 12.0. The lowest BCUT2D eigenvalue weighted by Crippen LogP contribution is -2.55. The Morgan fingerprint density at radius 2 is 2.54 bits per heavy atom. The molecule has 1 N–H and O–H groups in total. The van der Waals surface area contributed by atoms with Crippen LogP contribution in [0.15, 0.2) is 12.7 Å². The van der Waals surface area contributed by atoms with Crippen LogP contribution >= 0.6 is 0 Å². The molecule has 0 amide bonds. The molecule has 0 bridgehead atoms. The summed E-state index contributed by atoms with van der Waals surface area (Å²) >= 11 is 0. The highest BCUT2D eigenvalue weighted by atomic mass is 15.2. The predicted molar refractivity (Wildman–Crippen MR) is 53.3 cm³/mol. The minimum Gasteiger partial charge on any atom is -0.311 e. The maximum absolute atomic E-state index is 8.64. The average Bonchev–Trinajstić information content (AvgIpc) is 2.10. The second-order valence-corrected chi connectivity index (χ2v) is 3.57. The summed E-state index contributed by atoms with van der Waals surface area (Å²) in [6.07, 6.45) is 2.51. The molecule has 1 aliphatic rings. The van der Waals surface area contributed by atoms with Gasteiger partial charge >= 0.3 is 0 Å². The third-order valence-corrected chi connectivity index (χ3v) is 2.42. The molecule has 0 aromatic rings. The first-order chi connectivity index (χ1) is 6.27. The summed E-state index contributed by atoms with van der Waals surface area (Å²) < 4.78 is 0. The van der Waals surface area contributed by atoms with Crippen molar-refractivity contribution in [2.45, 2.75) is 25.4 Å². The van der Waals surface area contributed by atoms with Crippen LogP contribution in [0, 0.1) is 11.3 Å². The van der Waals surface area contributed by atoms with Gasteiger partial charge < -0.3 is 5.32 Å². The summed E-state index contributed by atoms with van der Waals surface area (Å²) in [5.41, 5.74) is 0. The summed E-state index contributed by atoms with van der Waals surface area (Å²) in [6, 6.07) is 3.11. The molecule has 0 aliphatic carbocycles. The number of nitrogens with one attached hydrogen (secondary N) is 1. The second kappa shape index (κ2) is 5.00. The SMILES string of the molecule is C=CCN1CC(C)NCC1CC#N. The van der Waals surface area contributed by atoms with Crippen LogP contribution in [-0.2, 0) is 0 Å². The van der Waals surface area contributed by atoms with E-state index in [4.69, 9.17) is 5.26 Å². The monoisotopic (exact) mass is 179 g/mol. The minimum atomic E-state index is 0.360. The molecule has 0 aromatic carbocycles. The van der Waals surface area contributed by atoms with E-state index in [0.717, 1.165) is 19.6 Å². The summed E-state index contributed by atoms with van der Waals surface area (Å²) in [6.45, 7) is 8.71. The van der Waals surface area contributed by atoms with Gasteiger partial charge in [-0.25, -0.2) is 0 Å². The fourth-order valence-corrected chi connectivity index (χ4v) is 1.73. The lowest BCUT2D eigenvalue weighted by molar-refractivity contribution is 0.153. The summed E-state index contributed by atoms with van der Waals surface area (Å²) in [5.74, 6) is 0.